The molecule has 2 heterocycles. The van der Waals surface area contributed by atoms with Gasteiger partial charge in [0.05, 0.1) is 0 Å². The summed E-state index contributed by atoms with van der Waals surface area (Å²) in [5.41, 5.74) is 0.567. The highest BCUT2D eigenvalue weighted by Gasteiger charge is 2.59. The van der Waals surface area contributed by atoms with Gasteiger partial charge in [-0.25, -0.2) is 19.7 Å². The zero-order chi connectivity index (χ0) is 20.8. The minimum absolute atomic E-state index is 0.0354. The Morgan fingerprint density at radius 3 is 2.33 bits per heavy atom. The lowest BCUT2D eigenvalue weighted by atomic mass is 9.50. The van der Waals surface area contributed by atoms with Crippen LogP contribution < -0.4 is 15.4 Å². The zero-order valence-corrected chi connectivity index (χ0v) is 16.9. The molecule has 156 valence electrons. The van der Waals surface area contributed by atoms with Crippen LogP contribution in [0.4, 0.5) is 4.79 Å². The van der Waals surface area contributed by atoms with Gasteiger partial charge in [-0.3, -0.25) is 4.79 Å². The second-order valence-corrected chi connectivity index (χ2v) is 9.19. The molecule has 4 aliphatic rings. The number of carbonyl (C=O) groups is 2. The number of nitrogens with zero attached hydrogens (tertiary/aromatic N) is 3. The van der Waals surface area contributed by atoms with Crippen LogP contribution in [-0.4, -0.2) is 38.0 Å². The van der Waals surface area contributed by atoms with E-state index in [0.717, 1.165) is 37.8 Å². The third kappa shape index (κ3) is 3.62. The second kappa shape index (κ2) is 7.04. The third-order valence-corrected chi connectivity index (χ3v) is 6.65. The van der Waals surface area contributed by atoms with Crippen LogP contribution in [0.15, 0.2) is 36.7 Å². The molecule has 0 aromatic carbocycles. The van der Waals surface area contributed by atoms with Crippen molar-refractivity contribution in [2.45, 2.75) is 56.5 Å². The van der Waals surface area contributed by atoms with Crippen LogP contribution in [0, 0.1) is 18.8 Å². The smallest absolute Gasteiger partial charge is 0.374 e. The normalized spacial score (nSPS) is 31.2. The average molecular weight is 407 g/mol. The van der Waals surface area contributed by atoms with Crippen molar-refractivity contribution in [3.05, 3.63) is 48.0 Å². The maximum Gasteiger partial charge on any atom is 0.415 e. The van der Waals surface area contributed by atoms with E-state index >= 15 is 0 Å². The Kier molecular flexibility index (Phi) is 4.45. The van der Waals surface area contributed by atoms with Crippen molar-refractivity contribution in [3.8, 4) is 6.01 Å². The highest BCUT2D eigenvalue weighted by molar-refractivity contribution is 5.92. The second-order valence-electron chi connectivity index (χ2n) is 9.19. The minimum atomic E-state index is -0.537. The molecule has 2 aromatic rings. The van der Waals surface area contributed by atoms with Crippen LogP contribution in [0.1, 0.15) is 54.7 Å². The summed E-state index contributed by atoms with van der Waals surface area (Å²) in [6.45, 7) is 1.88. The number of carbonyl (C=O) groups excluding carboxylic acids is 2. The number of aromatic nitrogens is 3. The molecule has 2 amide bonds. The number of ether oxygens (including phenoxy) is 1. The first kappa shape index (κ1) is 19.0. The summed E-state index contributed by atoms with van der Waals surface area (Å²) in [5.74, 6) is 0.812. The first-order valence-corrected chi connectivity index (χ1v) is 10.5. The Morgan fingerprint density at radius 1 is 1.00 bits per heavy atom. The molecule has 0 radical (unpaired) electrons. The number of rotatable bonds is 4. The third-order valence-electron chi connectivity index (χ3n) is 6.65. The van der Waals surface area contributed by atoms with Crippen LogP contribution in [0.3, 0.4) is 0 Å². The van der Waals surface area contributed by atoms with E-state index in [1.54, 1.807) is 12.1 Å². The molecule has 2 atom stereocenters. The van der Waals surface area contributed by atoms with E-state index in [1.165, 1.54) is 12.4 Å². The fourth-order valence-corrected chi connectivity index (χ4v) is 6.19. The Morgan fingerprint density at radius 2 is 1.67 bits per heavy atom. The van der Waals surface area contributed by atoms with Crippen molar-refractivity contribution in [1.29, 1.82) is 0 Å². The Balaban J connectivity index is 1.33. The van der Waals surface area contributed by atoms with Gasteiger partial charge in [0.1, 0.15) is 5.69 Å². The van der Waals surface area contributed by atoms with Crippen molar-refractivity contribution < 1.29 is 14.3 Å². The van der Waals surface area contributed by atoms with Crippen LogP contribution >= 0.6 is 0 Å². The Bertz CT molecular complexity index is 966. The monoisotopic (exact) mass is 407 g/mol. The molecule has 30 heavy (non-hydrogen) atoms. The first-order chi connectivity index (χ1) is 14.4. The van der Waals surface area contributed by atoms with Crippen molar-refractivity contribution in [2.24, 2.45) is 11.8 Å². The standard InChI is InChI=1S/C22H25N5O3/c1-14-4-2-5-17(25-14)18(28)26-21-9-15-8-16(10-21)12-22(11-15,13-21)27-20(29)30-19-23-6-3-7-24-19/h2-7,15-16H,8-13H2,1H3,(H,26,28)(H,27,29). The molecule has 8 nitrogen and oxygen atoms in total. The van der Waals surface area contributed by atoms with Crippen LogP contribution in [0.25, 0.3) is 0 Å². The molecular formula is C22H25N5O3. The summed E-state index contributed by atoms with van der Waals surface area (Å²) in [6, 6.07) is 7.17. The van der Waals surface area contributed by atoms with Crippen molar-refractivity contribution in [3.63, 3.8) is 0 Å². The van der Waals surface area contributed by atoms with Gasteiger partial charge in [0.15, 0.2) is 0 Å². The van der Waals surface area contributed by atoms with Gasteiger partial charge in [0.25, 0.3) is 5.91 Å². The number of nitrogens with one attached hydrogen (secondary N) is 2. The van der Waals surface area contributed by atoms with E-state index in [0.29, 0.717) is 24.0 Å². The molecular weight excluding hydrogens is 382 g/mol. The molecule has 0 saturated heterocycles. The van der Waals surface area contributed by atoms with E-state index in [-0.39, 0.29) is 23.0 Å². The summed E-state index contributed by atoms with van der Waals surface area (Å²) in [7, 11) is 0. The van der Waals surface area contributed by atoms with Crippen LogP contribution in [0.2, 0.25) is 0 Å². The Labute approximate surface area is 174 Å². The molecule has 8 heteroatoms. The molecule has 0 spiro atoms. The summed E-state index contributed by atoms with van der Waals surface area (Å²) >= 11 is 0. The molecule has 2 aromatic heterocycles. The van der Waals surface area contributed by atoms with Gasteiger partial charge in [-0.15, -0.1) is 0 Å². The molecule has 4 aliphatic carbocycles. The molecule has 0 aliphatic heterocycles. The predicted molar refractivity (Wildman–Crippen MR) is 108 cm³/mol. The van der Waals surface area contributed by atoms with Gasteiger partial charge >= 0.3 is 12.1 Å². The molecule has 2 N–H and O–H groups in total. The van der Waals surface area contributed by atoms with E-state index in [1.807, 2.05) is 19.1 Å². The van der Waals surface area contributed by atoms with Crippen molar-refractivity contribution in [1.82, 2.24) is 25.6 Å². The maximum absolute atomic E-state index is 12.9. The fraction of sp³-hybridized carbons (Fsp3) is 0.500. The summed E-state index contributed by atoms with van der Waals surface area (Å²) in [5, 5.41) is 6.41. The quantitative estimate of drug-likeness (QED) is 0.807. The highest BCUT2D eigenvalue weighted by atomic mass is 16.6. The molecule has 4 saturated carbocycles. The average Bonchev–Trinajstić information content (AvgIpc) is 2.66. The summed E-state index contributed by atoms with van der Waals surface area (Å²) in [4.78, 5) is 37.8. The largest absolute Gasteiger partial charge is 0.415 e. The zero-order valence-electron chi connectivity index (χ0n) is 16.9. The Hall–Kier alpha value is -3.03. The number of hydrogen-bond acceptors (Lipinski definition) is 6. The van der Waals surface area contributed by atoms with Crippen LogP contribution in [0.5, 0.6) is 6.01 Å². The first-order valence-electron chi connectivity index (χ1n) is 10.5. The number of hydrogen-bond donors (Lipinski definition) is 2. The topological polar surface area (TPSA) is 106 Å². The molecule has 2 unspecified atom stereocenters. The van der Waals surface area contributed by atoms with Gasteiger partial charge in [-0.2, -0.15) is 0 Å². The lowest BCUT2D eigenvalue weighted by Crippen LogP contribution is -2.70. The highest BCUT2D eigenvalue weighted by Crippen LogP contribution is 2.57. The molecule has 4 bridgehead atoms. The number of aryl methyl sites for hydroxylation is 1. The predicted octanol–water partition coefficient (Wildman–Crippen LogP) is 2.79. The van der Waals surface area contributed by atoms with Crippen molar-refractivity contribution in [2.75, 3.05) is 0 Å². The van der Waals surface area contributed by atoms with Gasteiger partial charge in [0, 0.05) is 29.2 Å². The van der Waals surface area contributed by atoms with E-state index < -0.39 is 6.09 Å². The van der Waals surface area contributed by atoms with Gasteiger partial charge in [0.2, 0.25) is 0 Å². The lowest BCUT2D eigenvalue weighted by molar-refractivity contribution is -0.0450. The lowest BCUT2D eigenvalue weighted by Gasteiger charge is -2.61. The number of pyridine rings is 1. The van der Waals surface area contributed by atoms with Gasteiger partial charge in [-0.1, -0.05) is 6.07 Å². The van der Waals surface area contributed by atoms with Gasteiger partial charge < -0.3 is 15.4 Å². The fourth-order valence-electron chi connectivity index (χ4n) is 6.19. The SMILES string of the molecule is Cc1cccc(C(=O)NC23CC4CC(CC(NC(=O)Oc5ncccn5)(C4)C2)C3)n1. The van der Waals surface area contributed by atoms with E-state index in [2.05, 4.69) is 25.6 Å². The summed E-state index contributed by atoms with van der Waals surface area (Å²) in [6.07, 6.45) is 8.10. The molecule has 6 rings (SSSR count). The van der Waals surface area contributed by atoms with E-state index in [9.17, 15) is 9.59 Å². The summed E-state index contributed by atoms with van der Waals surface area (Å²) < 4.78 is 5.28. The number of amides is 2. The minimum Gasteiger partial charge on any atom is -0.374 e. The maximum atomic E-state index is 12.9. The van der Waals surface area contributed by atoms with Gasteiger partial charge in [-0.05, 0) is 75.5 Å². The van der Waals surface area contributed by atoms with E-state index in [4.69, 9.17) is 4.74 Å². The van der Waals surface area contributed by atoms with Crippen LogP contribution in [-0.2, 0) is 0 Å². The van der Waals surface area contributed by atoms with Crippen molar-refractivity contribution >= 4 is 12.0 Å². The molecule has 4 fully saturated rings.